The number of hydrogen-bond acceptors (Lipinski definition) is 7. The summed E-state index contributed by atoms with van der Waals surface area (Å²) in [6.07, 6.45) is 2.25. The molecule has 0 spiro atoms. The summed E-state index contributed by atoms with van der Waals surface area (Å²) in [5, 5.41) is 11.3. The summed E-state index contributed by atoms with van der Waals surface area (Å²) >= 11 is 0. The van der Waals surface area contributed by atoms with Gasteiger partial charge in [0, 0.05) is 19.3 Å². The average Bonchev–Trinajstić information content (AvgIpc) is 2.98. The second-order valence-corrected chi connectivity index (χ2v) is 9.00. The summed E-state index contributed by atoms with van der Waals surface area (Å²) in [5.41, 5.74) is 7.38. The van der Waals surface area contributed by atoms with Crippen LogP contribution in [-0.4, -0.2) is 59.9 Å². The van der Waals surface area contributed by atoms with Crippen LogP contribution in [-0.2, 0) is 11.3 Å². The van der Waals surface area contributed by atoms with E-state index < -0.39 is 11.2 Å². The van der Waals surface area contributed by atoms with Gasteiger partial charge < -0.3 is 25.0 Å². The Balaban J connectivity index is 1.61. The van der Waals surface area contributed by atoms with Crippen molar-refractivity contribution in [3.63, 3.8) is 0 Å². The zero-order valence-electron chi connectivity index (χ0n) is 17.8. The van der Waals surface area contributed by atoms with Gasteiger partial charge in [-0.15, -0.1) is 0 Å². The molecule has 9 heteroatoms. The van der Waals surface area contributed by atoms with Gasteiger partial charge in [0.2, 0.25) is 0 Å². The van der Waals surface area contributed by atoms with Crippen molar-refractivity contribution >= 4 is 34.0 Å². The van der Waals surface area contributed by atoms with Crippen molar-refractivity contribution in [2.45, 2.75) is 58.3 Å². The van der Waals surface area contributed by atoms with Crippen molar-refractivity contribution in [2.75, 3.05) is 18.8 Å². The number of hydrogen-bond donors (Lipinski definition) is 2. The van der Waals surface area contributed by atoms with E-state index in [1.54, 1.807) is 11.1 Å². The minimum Gasteiger partial charge on any atom is -0.444 e. The first-order valence-electron chi connectivity index (χ1n) is 10.1. The Hall–Kier alpha value is -2.94. The third-order valence-electron chi connectivity index (χ3n) is 5.45. The summed E-state index contributed by atoms with van der Waals surface area (Å²) in [6.45, 7) is 8.62. The van der Waals surface area contributed by atoms with Gasteiger partial charge in [-0.1, -0.05) is 0 Å². The highest BCUT2D eigenvalue weighted by Gasteiger charge is 2.36. The third-order valence-corrected chi connectivity index (χ3v) is 5.45. The third kappa shape index (κ3) is 3.77. The molecular weight excluding hydrogens is 384 g/mol. The van der Waals surface area contributed by atoms with Crippen LogP contribution in [0.4, 0.5) is 10.6 Å². The average molecular weight is 412 g/mol. The Labute approximate surface area is 174 Å². The summed E-state index contributed by atoms with van der Waals surface area (Å²) in [4.78, 5) is 27.4. The number of imidazole rings is 1. The first kappa shape index (κ1) is 20.3. The molecule has 4 rings (SSSR count). The number of fused-ring (bicyclic) bond motifs is 3. The summed E-state index contributed by atoms with van der Waals surface area (Å²) in [7, 11) is 0. The lowest BCUT2D eigenvalue weighted by atomic mass is 9.91. The molecule has 0 bridgehead atoms. The van der Waals surface area contributed by atoms with Crippen LogP contribution in [0.2, 0.25) is 0 Å². The molecule has 4 heterocycles. The quantitative estimate of drug-likeness (QED) is 0.664. The van der Waals surface area contributed by atoms with Gasteiger partial charge >= 0.3 is 6.09 Å². The van der Waals surface area contributed by atoms with Crippen molar-refractivity contribution < 1.29 is 14.6 Å². The molecule has 1 aliphatic rings. The number of amides is 1. The fraction of sp³-hybridized carbons (Fsp3) is 0.524. The maximum Gasteiger partial charge on any atom is 0.410 e. The van der Waals surface area contributed by atoms with Crippen LogP contribution in [0.1, 0.15) is 39.4 Å². The Morgan fingerprint density at radius 2 is 1.97 bits per heavy atom. The molecule has 160 valence electrons. The van der Waals surface area contributed by atoms with Crippen LogP contribution >= 0.6 is 0 Å². The van der Waals surface area contributed by atoms with Gasteiger partial charge in [0.05, 0.1) is 17.7 Å². The number of aryl methyl sites for hydroxylation is 1. The number of carbonyl (C=O) groups is 1. The smallest absolute Gasteiger partial charge is 0.410 e. The zero-order valence-corrected chi connectivity index (χ0v) is 17.8. The number of likely N-dealkylation sites (tertiary alicyclic amines) is 1. The second kappa shape index (κ2) is 7.09. The number of aromatic nitrogens is 4. The maximum absolute atomic E-state index is 12.3. The number of piperidine rings is 1. The highest BCUT2D eigenvalue weighted by molar-refractivity contribution is 6.04. The number of nitrogens with zero attached hydrogens (tertiary/aromatic N) is 5. The van der Waals surface area contributed by atoms with Crippen LogP contribution in [0.25, 0.3) is 22.1 Å². The number of pyridine rings is 2. The number of nitrogen functional groups attached to an aromatic ring is 1. The van der Waals surface area contributed by atoms with E-state index in [0.29, 0.717) is 54.8 Å². The molecule has 0 unspecified atom stereocenters. The summed E-state index contributed by atoms with van der Waals surface area (Å²) in [6, 6.07) is 3.67. The monoisotopic (exact) mass is 412 g/mol. The molecule has 0 radical (unpaired) electrons. The predicted molar refractivity (Wildman–Crippen MR) is 114 cm³/mol. The highest BCUT2D eigenvalue weighted by atomic mass is 16.6. The van der Waals surface area contributed by atoms with Gasteiger partial charge in [0.25, 0.3) is 0 Å². The molecule has 1 saturated heterocycles. The first-order chi connectivity index (χ1) is 14.1. The van der Waals surface area contributed by atoms with Gasteiger partial charge in [0.15, 0.2) is 5.82 Å². The first-order valence-corrected chi connectivity index (χ1v) is 10.1. The Kier molecular flexibility index (Phi) is 4.80. The fourth-order valence-electron chi connectivity index (χ4n) is 3.91. The van der Waals surface area contributed by atoms with Crippen LogP contribution < -0.4 is 5.73 Å². The molecule has 3 N–H and O–H groups in total. The largest absolute Gasteiger partial charge is 0.444 e. The number of carbonyl (C=O) groups excluding carboxylic acids is 1. The molecule has 1 amide bonds. The molecule has 3 aromatic heterocycles. The van der Waals surface area contributed by atoms with E-state index in [4.69, 9.17) is 10.5 Å². The molecule has 0 saturated carbocycles. The Bertz CT molecular complexity index is 1110. The van der Waals surface area contributed by atoms with Crippen molar-refractivity contribution in [2.24, 2.45) is 0 Å². The standard InChI is InChI=1S/C21H28N6O3/c1-13-24-16-17(15-14(25-18(16)22)6-5-9-23-15)27(13)12-21(29)7-10-26(11-8-21)19(28)30-20(2,3)4/h5-6,9,29H,7-8,10-12H2,1-4H3,(H2,22,25). The number of ether oxygens (including phenoxy) is 1. The van der Waals surface area contributed by atoms with E-state index >= 15 is 0 Å². The van der Waals surface area contributed by atoms with Crippen LogP contribution in [0.5, 0.6) is 0 Å². The molecule has 3 aromatic rings. The van der Waals surface area contributed by atoms with Crippen LogP contribution in [0.3, 0.4) is 0 Å². The molecular formula is C21H28N6O3. The summed E-state index contributed by atoms with van der Waals surface area (Å²) < 4.78 is 7.41. The minimum absolute atomic E-state index is 0.340. The molecule has 9 nitrogen and oxygen atoms in total. The normalized spacial score (nSPS) is 16.9. The number of nitrogens with two attached hydrogens (primary N) is 1. The molecule has 0 aliphatic carbocycles. The minimum atomic E-state index is -0.976. The number of rotatable bonds is 2. The maximum atomic E-state index is 12.3. The lowest BCUT2D eigenvalue weighted by molar-refractivity contribution is -0.0411. The van der Waals surface area contributed by atoms with Gasteiger partial charge in [-0.05, 0) is 52.7 Å². The topological polar surface area (TPSA) is 119 Å². The predicted octanol–water partition coefficient (Wildman–Crippen LogP) is 2.63. The van der Waals surface area contributed by atoms with E-state index in [9.17, 15) is 9.90 Å². The zero-order chi connectivity index (χ0) is 21.7. The van der Waals surface area contributed by atoms with E-state index in [2.05, 4.69) is 15.0 Å². The molecule has 0 atom stereocenters. The van der Waals surface area contributed by atoms with E-state index in [-0.39, 0.29) is 6.09 Å². The van der Waals surface area contributed by atoms with Crippen LogP contribution in [0, 0.1) is 6.92 Å². The van der Waals surface area contributed by atoms with Gasteiger partial charge in [-0.25, -0.2) is 14.8 Å². The number of aliphatic hydroxyl groups is 1. The highest BCUT2D eigenvalue weighted by Crippen LogP contribution is 2.31. The summed E-state index contributed by atoms with van der Waals surface area (Å²) in [5.74, 6) is 1.08. The lowest BCUT2D eigenvalue weighted by Gasteiger charge is -2.39. The van der Waals surface area contributed by atoms with Crippen molar-refractivity contribution in [3.8, 4) is 0 Å². The van der Waals surface area contributed by atoms with E-state index in [1.807, 2.05) is 44.4 Å². The Morgan fingerprint density at radius 1 is 1.27 bits per heavy atom. The van der Waals surface area contributed by atoms with Crippen LogP contribution in [0.15, 0.2) is 18.3 Å². The van der Waals surface area contributed by atoms with Crippen molar-refractivity contribution in [1.82, 2.24) is 24.4 Å². The van der Waals surface area contributed by atoms with Crippen molar-refractivity contribution in [3.05, 3.63) is 24.2 Å². The SMILES string of the molecule is Cc1nc2c(N)nc3cccnc3c2n1CC1(O)CCN(C(=O)OC(C)(C)C)CC1. The fourth-order valence-corrected chi connectivity index (χ4v) is 3.91. The molecule has 30 heavy (non-hydrogen) atoms. The van der Waals surface area contributed by atoms with E-state index in [0.717, 1.165) is 11.3 Å². The van der Waals surface area contributed by atoms with Crippen molar-refractivity contribution in [1.29, 1.82) is 0 Å². The molecule has 1 fully saturated rings. The van der Waals surface area contributed by atoms with Gasteiger partial charge in [-0.2, -0.15) is 0 Å². The molecule has 1 aliphatic heterocycles. The lowest BCUT2D eigenvalue weighted by Crippen LogP contribution is -2.49. The second-order valence-electron chi connectivity index (χ2n) is 9.00. The van der Waals surface area contributed by atoms with Gasteiger partial charge in [-0.3, -0.25) is 4.98 Å². The number of anilines is 1. The molecule has 0 aromatic carbocycles. The Morgan fingerprint density at radius 3 is 2.63 bits per heavy atom. The van der Waals surface area contributed by atoms with E-state index in [1.165, 1.54) is 0 Å². The van der Waals surface area contributed by atoms with Gasteiger partial charge in [0.1, 0.15) is 28.0 Å².